The van der Waals surface area contributed by atoms with E-state index in [0.29, 0.717) is 96.3 Å². The van der Waals surface area contributed by atoms with Crippen LogP contribution in [0.3, 0.4) is 0 Å². The number of esters is 2. The standard InChI is InChI=1S/C45H74O23.C44H70O23/c1-41(2)16-44-10-6-22-42(3,8-5-9-43(22,4)40(60)67-38-33(59)30(56)26(52)20(14-48)63-38)23(44)7-11-45(41,17-44)68-39-35(66-37-32(58)29(55)25(51)19(13-47)62-37)34(27(53)21(15-49)64-39)65-36-31(57)28(54)24(50)18(12-46)61-36;1-17-11-43-9-5-22-41(2,7-4-8-42(22,3)40(59)66-38-33(58)30(55)26(51)20(14-47)62-38)23(43)6-10-44(17,16-43)67-39-35(65-37-32(57)29(54)25(50)19(13-46)61-37)34(27(52)21(15-48)63-39)64-36-31(56)28(53)24(49)18(12-45)60-36/h18-39,46-59H,5-17H2,1-4H3;11,18-39,45-58H,4-10,12-16H2,1-3H3/t18?,19?,20?,21?,22-,23-,24?,25?,26?,27?,28?,29?,30?,31?,32?,33?,34?,35?,36?,37?,38?,39?,42+,43+,44+,45-;18?,19?,20?,21?,22-,23-,24?,25?,26?,27?,28?,29?,30?,31?,32?,33?,34?,35?,36?,37?,38?,39?,41+,42+,43+,44-/m00/s1. The number of fused-ring (bicyclic) bond motifs is 6. The van der Waals surface area contributed by atoms with Gasteiger partial charge in [-0.05, 0) is 173 Å². The summed E-state index contributed by atoms with van der Waals surface area (Å²) in [5.41, 5.74) is -5.62. The van der Waals surface area contributed by atoms with Gasteiger partial charge in [-0.3, -0.25) is 9.59 Å². The number of aliphatic hydroxyl groups is 28. The first-order valence-electron chi connectivity index (χ1n) is 47.4. The van der Waals surface area contributed by atoms with Crippen molar-refractivity contribution in [1.82, 2.24) is 0 Å². The van der Waals surface area contributed by atoms with Crippen molar-refractivity contribution in [2.75, 3.05) is 52.9 Å². The lowest BCUT2D eigenvalue weighted by Gasteiger charge is -2.64. The van der Waals surface area contributed by atoms with Crippen molar-refractivity contribution in [3.05, 3.63) is 11.6 Å². The maximum absolute atomic E-state index is 14.3. The molecule has 8 aliphatic carbocycles. The first-order chi connectivity index (χ1) is 63.6. The molecule has 16 rings (SSSR count). The predicted octanol–water partition coefficient (Wildman–Crippen LogP) is -9.76. The summed E-state index contributed by atoms with van der Waals surface area (Å²) in [5.74, 6) is -1.55. The molecule has 8 heterocycles. The Kier molecular flexibility index (Phi) is 31.8. The molecular weight excluding hydrogens is 1800 g/mol. The van der Waals surface area contributed by atoms with Gasteiger partial charge in [-0.1, -0.05) is 46.6 Å². The second kappa shape index (κ2) is 40.4. The summed E-state index contributed by atoms with van der Waals surface area (Å²) >= 11 is 0. The van der Waals surface area contributed by atoms with E-state index in [1.54, 1.807) is 0 Å². The van der Waals surface area contributed by atoms with E-state index < -0.39 is 354 Å². The van der Waals surface area contributed by atoms with Gasteiger partial charge in [-0.15, -0.1) is 0 Å². The number of allylic oxidation sites excluding steroid dienone is 1. The fourth-order valence-corrected chi connectivity index (χ4v) is 27.6. The minimum Gasteiger partial charge on any atom is -0.432 e. The van der Waals surface area contributed by atoms with E-state index in [-0.39, 0.29) is 29.1 Å². The Balaban J connectivity index is 0.000000206. The van der Waals surface area contributed by atoms with Gasteiger partial charge in [0.2, 0.25) is 12.6 Å². The summed E-state index contributed by atoms with van der Waals surface area (Å²) in [5, 5.41) is 296. The number of hydrogen-bond acceptors (Lipinski definition) is 46. The zero-order chi connectivity index (χ0) is 98.3. The minimum absolute atomic E-state index is 0.00956. The molecule has 776 valence electrons. The fourth-order valence-electron chi connectivity index (χ4n) is 27.6. The van der Waals surface area contributed by atoms with Gasteiger partial charge in [0, 0.05) is 0 Å². The molecule has 2 spiro atoms. The van der Waals surface area contributed by atoms with E-state index in [1.165, 1.54) is 0 Å². The third-order valence-electron chi connectivity index (χ3n) is 34.9. The lowest BCUT2D eigenvalue weighted by atomic mass is 9.40. The van der Waals surface area contributed by atoms with Crippen LogP contribution in [-0.2, 0) is 85.4 Å². The second-order valence-corrected chi connectivity index (χ2v) is 42.8. The summed E-state index contributed by atoms with van der Waals surface area (Å²) in [7, 11) is 0. The van der Waals surface area contributed by atoms with Crippen LogP contribution in [0.4, 0.5) is 0 Å². The third-order valence-corrected chi connectivity index (χ3v) is 34.9. The first kappa shape index (κ1) is 106. The number of carbonyl (C=O) groups excluding carboxylic acids is 2. The van der Waals surface area contributed by atoms with Crippen LogP contribution < -0.4 is 0 Å². The minimum atomic E-state index is -1.95. The predicted molar refractivity (Wildman–Crippen MR) is 443 cm³/mol. The van der Waals surface area contributed by atoms with Crippen molar-refractivity contribution in [3.8, 4) is 0 Å². The molecule has 46 nitrogen and oxygen atoms in total. The maximum atomic E-state index is 14.3. The van der Waals surface area contributed by atoms with Gasteiger partial charge < -0.3 is 219 Å². The molecule has 8 saturated heterocycles. The maximum Gasteiger partial charge on any atom is 0.314 e. The average Bonchev–Trinajstić information content (AvgIpc) is 1.27. The molecular formula is C89H144O46. The van der Waals surface area contributed by atoms with Crippen molar-refractivity contribution in [3.63, 3.8) is 0 Å². The Bertz CT molecular complexity index is 4020. The van der Waals surface area contributed by atoms with E-state index in [4.69, 9.17) is 75.8 Å². The van der Waals surface area contributed by atoms with E-state index >= 15 is 0 Å². The molecule has 0 radical (unpaired) electrons. The van der Waals surface area contributed by atoms with Crippen LogP contribution in [0.2, 0.25) is 0 Å². The highest BCUT2D eigenvalue weighted by Gasteiger charge is 2.75. The van der Waals surface area contributed by atoms with Gasteiger partial charge in [0.15, 0.2) is 37.7 Å². The number of ether oxygens (including phenoxy) is 16. The summed E-state index contributed by atoms with van der Waals surface area (Å²) in [6, 6.07) is 0. The number of carbonyl (C=O) groups is 2. The quantitative estimate of drug-likeness (QED) is 0.0242. The van der Waals surface area contributed by atoms with Gasteiger partial charge in [0.05, 0.1) is 74.9 Å². The van der Waals surface area contributed by atoms with E-state index in [9.17, 15) is 153 Å². The number of aliphatic hydroxyl groups excluding tert-OH is 28. The molecule has 40 unspecified atom stereocenters. The molecule has 7 saturated carbocycles. The monoisotopic (exact) mass is 1950 g/mol. The molecule has 0 amide bonds. The fraction of sp³-hybridized carbons (Fsp3) is 0.955. The summed E-state index contributed by atoms with van der Waals surface area (Å²) in [6.45, 7) is 7.97. The van der Waals surface area contributed by atoms with Crippen molar-refractivity contribution in [2.24, 2.45) is 61.6 Å². The molecule has 135 heavy (non-hydrogen) atoms. The van der Waals surface area contributed by atoms with Crippen LogP contribution in [0.1, 0.15) is 158 Å². The normalized spacial score (nSPS) is 54.6. The van der Waals surface area contributed by atoms with Crippen LogP contribution in [0.5, 0.6) is 0 Å². The molecule has 0 aromatic carbocycles. The Morgan fingerprint density at radius 2 is 0.600 bits per heavy atom. The van der Waals surface area contributed by atoms with Crippen molar-refractivity contribution in [1.29, 1.82) is 0 Å². The van der Waals surface area contributed by atoms with Crippen LogP contribution in [0.15, 0.2) is 11.6 Å². The van der Waals surface area contributed by atoms with Gasteiger partial charge in [-0.2, -0.15) is 0 Å². The number of hydrogen-bond donors (Lipinski definition) is 28. The zero-order valence-electron chi connectivity index (χ0n) is 76.5. The van der Waals surface area contributed by atoms with Crippen LogP contribution in [0.25, 0.3) is 0 Å². The molecule has 4 bridgehead atoms. The van der Waals surface area contributed by atoms with E-state index in [0.717, 1.165) is 18.4 Å². The smallest absolute Gasteiger partial charge is 0.314 e. The topological polar surface area (TPSA) is 748 Å². The van der Waals surface area contributed by atoms with Crippen molar-refractivity contribution in [2.45, 2.75) is 414 Å². The van der Waals surface area contributed by atoms with Crippen LogP contribution >= 0.6 is 0 Å². The Morgan fingerprint density at radius 1 is 0.304 bits per heavy atom. The Morgan fingerprint density at radius 3 is 0.963 bits per heavy atom. The molecule has 46 heteroatoms. The molecule has 16 aliphatic rings. The van der Waals surface area contributed by atoms with Crippen molar-refractivity contribution < 1.29 is 228 Å². The SMILES string of the molecule is CC1(C)C[C@@]23CC[C@H]4[C@@](C)(CCC[C@@]4(C)C(=O)OC4OC(CO)C(O)C(O)C4O)[C@@H]2CC[C@]1(OC1OC(CO)C(O)C(OC2OC(CO)C(O)C(O)C2O)C1OC1OC(CO)C(O)C(O)C1O)C3.CC1=C[C@@]23CC[C@H]4[C@@](C)(CCC[C@@]4(C)C(=O)OC4OC(CO)C(O)C(O)C4O)[C@@H]2CC[C@]1(OC1OC(CO)C(O)C(OC2OC(CO)C(O)C(O)C2O)C1OC1OC(CO)C(O)C(O)C1O)C3. The third kappa shape index (κ3) is 18.3. The van der Waals surface area contributed by atoms with E-state index in [2.05, 4.69) is 33.8 Å². The number of rotatable bonds is 24. The highest BCUT2D eigenvalue weighted by molar-refractivity contribution is 5.78. The summed E-state index contributed by atoms with van der Waals surface area (Å²) in [4.78, 5) is 28.6. The first-order valence-corrected chi connectivity index (χ1v) is 47.4. The Hall–Kier alpha value is -3.00. The molecule has 8 aliphatic heterocycles. The molecule has 0 aromatic rings. The molecule has 15 fully saturated rings. The highest BCUT2D eigenvalue weighted by Crippen LogP contribution is 2.77. The zero-order valence-corrected chi connectivity index (χ0v) is 76.5. The Labute approximate surface area is 777 Å². The van der Waals surface area contributed by atoms with Gasteiger partial charge in [0.1, 0.15) is 195 Å². The largest absolute Gasteiger partial charge is 0.432 e. The second-order valence-electron chi connectivity index (χ2n) is 42.8. The highest BCUT2D eigenvalue weighted by atomic mass is 16.8. The molecule has 28 N–H and O–H groups in total. The summed E-state index contributed by atoms with van der Waals surface area (Å²) in [6.07, 6.45) is -55.7. The molecule has 0 aromatic heterocycles. The van der Waals surface area contributed by atoms with Gasteiger partial charge in [-0.25, -0.2) is 0 Å². The van der Waals surface area contributed by atoms with Crippen LogP contribution in [-0.4, -0.2) is 465 Å². The average molecular weight is 1950 g/mol. The van der Waals surface area contributed by atoms with Gasteiger partial charge >= 0.3 is 11.9 Å². The molecule has 52 atom stereocenters. The van der Waals surface area contributed by atoms with E-state index in [1.807, 2.05) is 20.8 Å². The van der Waals surface area contributed by atoms with Crippen LogP contribution in [0, 0.1) is 61.6 Å². The summed E-state index contributed by atoms with van der Waals surface area (Å²) < 4.78 is 97.0. The lowest BCUT2D eigenvalue weighted by molar-refractivity contribution is -0.404. The lowest BCUT2D eigenvalue weighted by Crippen LogP contribution is -2.68. The van der Waals surface area contributed by atoms with Gasteiger partial charge in [0.25, 0.3) is 0 Å². The van der Waals surface area contributed by atoms with Crippen molar-refractivity contribution >= 4 is 11.9 Å².